The van der Waals surface area contributed by atoms with Crippen molar-refractivity contribution in [3.05, 3.63) is 95.0 Å². The number of carbonyl (C=O) groups is 1. The van der Waals surface area contributed by atoms with Crippen LogP contribution < -0.4 is 4.90 Å². The maximum atomic E-state index is 13.7. The molecule has 3 heterocycles. The molecule has 148 valence electrons. The van der Waals surface area contributed by atoms with Gasteiger partial charge in [-0.3, -0.25) is 14.3 Å². The van der Waals surface area contributed by atoms with Crippen molar-refractivity contribution in [1.29, 1.82) is 0 Å². The summed E-state index contributed by atoms with van der Waals surface area (Å²) in [6.45, 7) is 1.89. The number of hydrogen-bond acceptors (Lipinski definition) is 3. The number of halogens is 2. The molecule has 4 aromatic rings. The first kappa shape index (κ1) is 18.9. The number of imidazole rings is 1. The maximum Gasteiger partial charge on any atom is 0.264 e. The summed E-state index contributed by atoms with van der Waals surface area (Å²) in [7, 11) is 0. The molecule has 1 aliphatic rings. The largest absolute Gasteiger partial charge is 0.298 e. The minimum atomic E-state index is -0.950. The molecule has 5 rings (SSSR count). The van der Waals surface area contributed by atoms with Gasteiger partial charge in [-0.2, -0.15) is 0 Å². The highest BCUT2D eigenvalue weighted by molar-refractivity contribution is 6.35. The van der Waals surface area contributed by atoms with Gasteiger partial charge < -0.3 is 0 Å². The van der Waals surface area contributed by atoms with Crippen molar-refractivity contribution >= 4 is 40.7 Å². The monoisotopic (exact) mass is 434 g/mol. The zero-order chi connectivity index (χ0) is 20.9. The van der Waals surface area contributed by atoms with E-state index in [1.54, 1.807) is 35.5 Å². The van der Waals surface area contributed by atoms with Gasteiger partial charge in [-0.15, -0.1) is 0 Å². The first-order chi connectivity index (χ1) is 14.5. The predicted octanol–water partition coefficient (Wildman–Crippen LogP) is 5.69. The van der Waals surface area contributed by atoms with E-state index >= 15 is 0 Å². The fourth-order valence-electron chi connectivity index (χ4n) is 3.91. The molecule has 0 spiro atoms. The molecule has 0 saturated carbocycles. The van der Waals surface area contributed by atoms with Gasteiger partial charge in [0.2, 0.25) is 5.95 Å². The van der Waals surface area contributed by atoms with Crippen molar-refractivity contribution in [1.82, 2.24) is 14.5 Å². The van der Waals surface area contributed by atoms with E-state index in [-0.39, 0.29) is 5.91 Å². The van der Waals surface area contributed by atoms with Crippen LogP contribution >= 0.6 is 23.2 Å². The fraction of sp³-hybridized carbons (Fsp3) is 0.0870. The molecule has 0 unspecified atom stereocenters. The Morgan fingerprint density at radius 1 is 0.933 bits per heavy atom. The fourth-order valence-corrected chi connectivity index (χ4v) is 4.42. The molecule has 0 bridgehead atoms. The molecular formula is C23H16Cl2N4O. The number of benzene rings is 2. The number of amides is 1. The Morgan fingerprint density at radius 2 is 1.67 bits per heavy atom. The molecule has 5 nitrogen and oxygen atoms in total. The summed E-state index contributed by atoms with van der Waals surface area (Å²) in [5.74, 6) is 0.398. The van der Waals surface area contributed by atoms with Gasteiger partial charge in [0.05, 0.1) is 5.69 Å². The lowest BCUT2D eigenvalue weighted by atomic mass is 9.90. The number of aromatic nitrogens is 3. The lowest BCUT2D eigenvalue weighted by Gasteiger charge is -2.25. The Hall–Kier alpha value is -3.15. The molecule has 2 aromatic heterocycles. The summed E-state index contributed by atoms with van der Waals surface area (Å²) in [4.78, 5) is 23.9. The molecule has 7 heteroatoms. The molecule has 0 N–H and O–H groups in total. The molecular weight excluding hydrogens is 419 g/mol. The van der Waals surface area contributed by atoms with Crippen LogP contribution in [0.2, 0.25) is 10.0 Å². The van der Waals surface area contributed by atoms with Crippen molar-refractivity contribution in [3.8, 4) is 11.1 Å². The summed E-state index contributed by atoms with van der Waals surface area (Å²) >= 11 is 12.4. The summed E-state index contributed by atoms with van der Waals surface area (Å²) < 4.78 is 1.88. The number of nitrogens with zero attached hydrogens (tertiary/aromatic N) is 4. The van der Waals surface area contributed by atoms with E-state index in [4.69, 9.17) is 23.2 Å². The van der Waals surface area contributed by atoms with Gasteiger partial charge >= 0.3 is 0 Å². The Bertz CT molecular complexity index is 1230. The van der Waals surface area contributed by atoms with Crippen molar-refractivity contribution in [3.63, 3.8) is 0 Å². The average molecular weight is 435 g/mol. The summed E-state index contributed by atoms with van der Waals surface area (Å²) in [5.41, 5.74) is 2.54. The molecule has 0 aliphatic carbocycles. The van der Waals surface area contributed by atoms with E-state index in [2.05, 4.69) is 9.97 Å². The third-order valence-corrected chi connectivity index (χ3v) is 5.91. The smallest absolute Gasteiger partial charge is 0.264 e. The van der Waals surface area contributed by atoms with Crippen LogP contribution in [-0.4, -0.2) is 20.4 Å². The zero-order valence-electron chi connectivity index (χ0n) is 16.0. The van der Waals surface area contributed by atoms with E-state index in [0.717, 1.165) is 16.7 Å². The molecule has 30 heavy (non-hydrogen) atoms. The van der Waals surface area contributed by atoms with Crippen LogP contribution in [0.1, 0.15) is 12.5 Å². The van der Waals surface area contributed by atoms with Gasteiger partial charge in [0.1, 0.15) is 5.54 Å². The first-order valence-electron chi connectivity index (χ1n) is 9.34. The zero-order valence-corrected chi connectivity index (χ0v) is 17.5. The van der Waals surface area contributed by atoms with Gasteiger partial charge in [-0.05, 0) is 47.9 Å². The Balaban J connectivity index is 1.60. The van der Waals surface area contributed by atoms with E-state index in [1.807, 2.05) is 60.3 Å². The lowest BCUT2D eigenvalue weighted by Crippen LogP contribution is -2.39. The van der Waals surface area contributed by atoms with Crippen molar-refractivity contribution in [2.75, 3.05) is 4.90 Å². The predicted molar refractivity (Wildman–Crippen MR) is 118 cm³/mol. The first-order valence-corrected chi connectivity index (χ1v) is 10.1. The third kappa shape index (κ3) is 2.82. The number of hydrogen-bond donors (Lipinski definition) is 0. The second-order valence-corrected chi connectivity index (χ2v) is 8.13. The van der Waals surface area contributed by atoms with Crippen molar-refractivity contribution in [2.24, 2.45) is 0 Å². The van der Waals surface area contributed by atoms with Gasteiger partial charge in [-0.1, -0.05) is 53.5 Å². The number of rotatable bonds is 3. The Labute approximate surface area is 183 Å². The average Bonchev–Trinajstić information content (AvgIpc) is 3.30. The second kappa shape index (κ2) is 6.97. The third-order valence-electron chi connectivity index (χ3n) is 5.47. The topological polar surface area (TPSA) is 51.0 Å². The minimum Gasteiger partial charge on any atom is -0.298 e. The van der Waals surface area contributed by atoms with Crippen LogP contribution in [0.25, 0.3) is 11.1 Å². The summed E-state index contributed by atoms with van der Waals surface area (Å²) in [5, 5.41) is 0.913. The minimum absolute atomic E-state index is 0.127. The lowest BCUT2D eigenvalue weighted by molar-refractivity contribution is -0.122. The van der Waals surface area contributed by atoms with Crippen LogP contribution in [0.15, 0.2) is 79.4 Å². The van der Waals surface area contributed by atoms with Gasteiger partial charge in [0.15, 0.2) is 0 Å². The SMILES string of the molecule is C[C@@]1(c2ccc(-c3cccnc3)cc2)C(=O)N(c2cc(Cl)cc(Cl)c2)c2nccn21. The van der Waals surface area contributed by atoms with Crippen LogP contribution in [0, 0.1) is 0 Å². The molecule has 1 atom stereocenters. The molecule has 0 radical (unpaired) electrons. The molecule has 1 amide bonds. The van der Waals surface area contributed by atoms with Crippen LogP contribution in [0.4, 0.5) is 11.6 Å². The quantitative estimate of drug-likeness (QED) is 0.415. The van der Waals surface area contributed by atoms with E-state index in [0.29, 0.717) is 21.7 Å². The highest BCUT2D eigenvalue weighted by Gasteiger charge is 2.49. The van der Waals surface area contributed by atoms with Crippen LogP contribution in [0.5, 0.6) is 0 Å². The molecule has 0 fully saturated rings. The van der Waals surface area contributed by atoms with Crippen LogP contribution in [-0.2, 0) is 10.3 Å². The molecule has 1 aliphatic heterocycles. The van der Waals surface area contributed by atoms with Crippen LogP contribution in [0.3, 0.4) is 0 Å². The number of anilines is 2. The normalized spacial score (nSPS) is 18.0. The Kier molecular flexibility index (Phi) is 4.38. The van der Waals surface area contributed by atoms with Crippen molar-refractivity contribution < 1.29 is 4.79 Å². The summed E-state index contributed by atoms with van der Waals surface area (Å²) in [6.07, 6.45) is 7.06. The second-order valence-electron chi connectivity index (χ2n) is 7.26. The standard InChI is InChI=1S/C23H16Cl2N4O/c1-23(17-6-4-15(5-7-17)16-3-2-8-26-14-16)21(30)29(22-27-9-10-28(22)23)20-12-18(24)11-19(25)13-20/h2-14H,1H3/t23-/m1/s1. The Morgan fingerprint density at radius 3 is 2.33 bits per heavy atom. The van der Waals surface area contributed by atoms with E-state index < -0.39 is 5.54 Å². The van der Waals surface area contributed by atoms with E-state index in [1.165, 1.54) is 0 Å². The van der Waals surface area contributed by atoms with Gasteiger partial charge in [0.25, 0.3) is 5.91 Å². The summed E-state index contributed by atoms with van der Waals surface area (Å²) in [6, 6.07) is 16.9. The van der Waals surface area contributed by atoms with E-state index in [9.17, 15) is 4.79 Å². The number of pyridine rings is 1. The number of fused-ring (bicyclic) bond motifs is 1. The number of carbonyl (C=O) groups excluding carboxylic acids is 1. The highest BCUT2D eigenvalue weighted by Crippen LogP contribution is 2.44. The van der Waals surface area contributed by atoms with Gasteiger partial charge in [-0.25, -0.2) is 9.88 Å². The van der Waals surface area contributed by atoms with Crippen molar-refractivity contribution in [2.45, 2.75) is 12.5 Å². The van der Waals surface area contributed by atoms with Gasteiger partial charge in [0, 0.05) is 34.8 Å². The molecule has 0 saturated heterocycles. The highest BCUT2D eigenvalue weighted by atomic mass is 35.5. The molecule has 2 aromatic carbocycles. The maximum absolute atomic E-state index is 13.7.